The standard InChI is InChI=1S/C22H28N2O4S/c1-16-5-9-20(10-6-16)29(26,27)23-19-8-7-17-11-13-24(14-12-18(17)15-19)21(25)28-22(2,3)4/h5-10,15,23H,11-14H2,1-4H3. The van der Waals surface area contributed by atoms with Gasteiger partial charge in [0, 0.05) is 18.8 Å². The maximum absolute atomic E-state index is 12.6. The summed E-state index contributed by atoms with van der Waals surface area (Å²) in [6, 6.07) is 12.3. The van der Waals surface area contributed by atoms with Gasteiger partial charge in [0.05, 0.1) is 4.90 Å². The first-order valence-corrected chi connectivity index (χ1v) is 11.2. The second-order valence-electron chi connectivity index (χ2n) is 8.37. The fraction of sp³-hybridized carbons (Fsp3) is 0.409. The average molecular weight is 417 g/mol. The Hall–Kier alpha value is -2.54. The molecule has 0 radical (unpaired) electrons. The highest BCUT2D eigenvalue weighted by Gasteiger charge is 2.24. The number of benzene rings is 2. The van der Waals surface area contributed by atoms with Gasteiger partial charge in [-0.2, -0.15) is 0 Å². The van der Waals surface area contributed by atoms with Crippen LogP contribution in [0.1, 0.15) is 37.5 Å². The van der Waals surface area contributed by atoms with Crippen LogP contribution in [0.4, 0.5) is 10.5 Å². The summed E-state index contributed by atoms with van der Waals surface area (Å²) in [5.41, 5.74) is 3.16. The highest BCUT2D eigenvalue weighted by atomic mass is 32.2. The second kappa shape index (κ2) is 8.06. The van der Waals surface area contributed by atoms with E-state index in [2.05, 4.69) is 4.72 Å². The smallest absolute Gasteiger partial charge is 0.410 e. The third kappa shape index (κ3) is 5.50. The van der Waals surface area contributed by atoms with Crippen LogP contribution < -0.4 is 4.72 Å². The predicted octanol–water partition coefficient (Wildman–Crippen LogP) is 4.13. The summed E-state index contributed by atoms with van der Waals surface area (Å²) in [4.78, 5) is 14.3. The predicted molar refractivity (Wildman–Crippen MR) is 114 cm³/mol. The molecule has 2 aromatic carbocycles. The molecule has 0 unspecified atom stereocenters. The highest BCUT2D eigenvalue weighted by Crippen LogP contribution is 2.24. The molecule has 29 heavy (non-hydrogen) atoms. The maximum atomic E-state index is 12.6. The van der Waals surface area contributed by atoms with E-state index in [1.54, 1.807) is 35.2 Å². The Labute approximate surface area is 172 Å². The van der Waals surface area contributed by atoms with E-state index >= 15 is 0 Å². The third-order valence-corrected chi connectivity index (χ3v) is 6.14. The van der Waals surface area contributed by atoms with Gasteiger partial charge in [-0.3, -0.25) is 4.72 Å². The van der Waals surface area contributed by atoms with Crippen molar-refractivity contribution in [3.05, 3.63) is 59.2 Å². The number of ether oxygens (including phenoxy) is 1. The Balaban J connectivity index is 1.73. The van der Waals surface area contributed by atoms with E-state index in [9.17, 15) is 13.2 Å². The van der Waals surface area contributed by atoms with Crippen molar-refractivity contribution in [2.45, 2.75) is 51.0 Å². The first-order chi connectivity index (χ1) is 13.5. The van der Waals surface area contributed by atoms with Crippen molar-refractivity contribution < 1.29 is 17.9 Å². The number of rotatable bonds is 3. The lowest BCUT2D eigenvalue weighted by Gasteiger charge is -2.26. The molecule has 1 aliphatic heterocycles. The van der Waals surface area contributed by atoms with E-state index in [0.717, 1.165) is 16.7 Å². The van der Waals surface area contributed by atoms with E-state index in [1.165, 1.54) is 0 Å². The lowest BCUT2D eigenvalue weighted by Crippen LogP contribution is -2.38. The molecule has 1 aliphatic rings. The number of anilines is 1. The van der Waals surface area contributed by atoms with Crippen molar-refractivity contribution in [2.75, 3.05) is 17.8 Å². The zero-order valence-electron chi connectivity index (χ0n) is 17.4. The highest BCUT2D eigenvalue weighted by molar-refractivity contribution is 7.92. The summed E-state index contributed by atoms with van der Waals surface area (Å²) in [7, 11) is -3.64. The molecule has 0 aliphatic carbocycles. The van der Waals surface area contributed by atoms with Gasteiger partial charge in [-0.1, -0.05) is 23.8 Å². The fourth-order valence-corrected chi connectivity index (χ4v) is 4.28. The number of hydrogen-bond donors (Lipinski definition) is 1. The molecule has 7 heteroatoms. The van der Waals surface area contributed by atoms with Crippen LogP contribution in [0.5, 0.6) is 0 Å². The molecule has 1 heterocycles. The molecule has 0 bridgehead atoms. The number of carbonyl (C=O) groups excluding carboxylic acids is 1. The van der Waals surface area contributed by atoms with Crippen LogP contribution >= 0.6 is 0 Å². The first-order valence-electron chi connectivity index (χ1n) is 9.73. The Kier molecular flexibility index (Phi) is 5.89. The van der Waals surface area contributed by atoms with E-state index in [4.69, 9.17) is 4.74 Å². The fourth-order valence-electron chi connectivity index (χ4n) is 3.23. The number of sulfonamides is 1. The Morgan fingerprint density at radius 3 is 2.24 bits per heavy atom. The van der Waals surface area contributed by atoms with Crippen LogP contribution in [-0.4, -0.2) is 38.1 Å². The molecule has 156 valence electrons. The number of fused-ring (bicyclic) bond motifs is 1. The number of nitrogens with zero attached hydrogens (tertiary/aromatic N) is 1. The van der Waals surface area contributed by atoms with Gasteiger partial charge in [0.15, 0.2) is 0 Å². The van der Waals surface area contributed by atoms with Crippen LogP contribution in [0.3, 0.4) is 0 Å². The number of aryl methyl sites for hydroxylation is 1. The third-order valence-electron chi connectivity index (χ3n) is 4.74. The molecular weight excluding hydrogens is 388 g/mol. The summed E-state index contributed by atoms with van der Waals surface area (Å²) < 4.78 is 33.4. The van der Waals surface area contributed by atoms with Gasteiger partial charge in [0.1, 0.15) is 5.60 Å². The van der Waals surface area contributed by atoms with E-state index in [1.807, 2.05) is 39.8 Å². The molecule has 1 amide bonds. The molecule has 2 aromatic rings. The van der Waals surface area contributed by atoms with Gasteiger partial charge >= 0.3 is 6.09 Å². The van der Waals surface area contributed by atoms with Gasteiger partial charge in [-0.25, -0.2) is 13.2 Å². The summed E-state index contributed by atoms with van der Waals surface area (Å²) in [5, 5.41) is 0. The van der Waals surface area contributed by atoms with Crippen molar-refractivity contribution in [3.63, 3.8) is 0 Å². The van der Waals surface area contributed by atoms with Gasteiger partial charge in [0.2, 0.25) is 0 Å². The lowest BCUT2D eigenvalue weighted by molar-refractivity contribution is 0.0258. The van der Waals surface area contributed by atoms with E-state index in [-0.39, 0.29) is 11.0 Å². The first kappa shape index (κ1) is 21.2. The maximum Gasteiger partial charge on any atom is 0.410 e. The van der Waals surface area contributed by atoms with Crippen molar-refractivity contribution in [3.8, 4) is 0 Å². The molecule has 0 saturated carbocycles. The van der Waals surface area contributed by atoms with Crippen LogP contribution in [0.15, 0.2) is 47.4 Å². The Morgan fingerprint density at radius 1 is 1.00 bits per heavy atom. The minimum atomic E-state index is -3.64. The molecule has 0 fully saturated rings. The number of hydrogen-bond acceptors (Lipinski definition) is 4. The SMILES string of the molecule is Cc1ccc(S(=O)(=O)Nc2ccc3c(c2)CCN(C(=O)OC(C)(C)C)CC3)cc1. The molecular formula is C22H28N2O4S. The van der Waals surface area contributed by atoms with Crippen molar-refractivity contribution >= 4 is 21.8 Å². The largest absolute Gasteiger partial charge is 0.444 e. The molecule has 0 saturated heterocycles. The molecule has 3 rings (SSSR count). The Morgan fingerprint density at radius 2 is 1.62 bits per heavy atom. The van der Waals surface area contributed by atoms with Crippen molar-refractivity contribution in [1.82, 2.24) is 4.90 Å². The minimum absolute atomic E-state index is 0.231. The zero-order valence-corrected chi connectivity index (χ0v) is 18.2. The van der Waals surface area contributed by atoms with Crippen molar-refractivity contribution in [1.29, 1.82) is 0 Å². The van der Waals surface area contributed by atoms with Crippen LogP contribution in [0.2, 0.25) is 0 Å². The van der Waals surface area contributed by atoms with Gasteiger partial charge < -0.3 is 9.64 Å². The minimum Gasteiger partial charge on any atom is -0.444 e. The summed E-state index contributed by atoms with van der Waals surface area (Å²) in [5.74, 6) is 0. The van der Waals surface area contributed by atoms with Crippen LogP contribution in [-0.2, 0) is 27.6 Å². The summed E-state index contributed by atoms with van der Waals surface area (Å²) >= 11 is 0. The quantitative estimate of drug-likeness (QED) is 0.816. The number of nitrogens with one attached hydrogen (secondary N) is 1. The Bertz CT molecular complexity index is 992. The zero-order chi connectivity index (χ0) is 21.2. The summed E-state index contributed by atoms with van der Waals surface area (Å²) in [6.45, 7) is 8.58. The lowest BCUT2D eigenvalue weighted by atomic mass is 10.0. The van der Waals surface area contributed by atoms with Gasteiger partial charge in [0.25, 0.3) is 10.0 Å². The second-order valence-corrected chi connectivity index (χ2v) is 10.1. The molecule has 0 atom stereocenters. The average Bonchev–Trinajstić information content (AvgIpc) is 2.82. The van der Waals surface area contributed by atoms with Crippen molar-refractivity contribution in [2.24, 2.45) is 0 Å². The van der Waals surface area contributed by atoms with Gasteiger partial charge in [-0.15, -0.1) is 0 Å². The molecule has 6 nitrogen and oxygen atoms in total. The van der Waals surface area contributed by atoms with E-state index < -0.39 is 15.6 Å². The topological polar surface area (TPSA) is 75.7 Å². The molecule has 1 N–H and O–H groups in total. The van der Waals surface area contributed by atoms with Crippen LogP contribution in [0.25, 0.3) is 0 Å². The normalized spacial score (nSPS) is 14.7. The summed E-state index contributed by atoms with van der Waals surface area (Å²) in [6.07, 6.45) is 1.04. The molecule has 0 spiro atoms. The number of amides is 1. The molecule has 0 aromatic heterocycles. The monoisotopic (exact) mass is 416 g/mol. The van der Waals surface area contributed by atoms with Crippen LogP contribution in [0, 0.1) is 6.92 Å². The van der Waals surface area contributed by atoms with E-state index in [0.29, 0.717) is 31.6 Å². The van der Waals surface area contributed by atoms with Gasteiger partial charge in [-0.05, 0) is 75.9 Å². The number of carbonyl (C=O) groups is 1.